The van der Waals surface area contributed by atoms with Crippen LogP contribution in [-0.4, -0.2) is 30.1 Å². The van der Waals surface area contributed by atoms with Gasteiger partial charge in [0.1, 0.15) is 0 Å². The lowest BCUT2D eigenvalue weighted by molar-refractivity contribution is 0.232. The fraction of sp³-hybridized carbons (Fsp3) is 0.917. The Morgan fingerprint density at radius 3 is 2.69 bits per heavy atom. The second kappa shape index (κ2) is 7.82. The lowest BCUT2D eigenvalue weighted by Gasteiger charge is -2.23. The van der Waals surface area contributed by atoms with Crippen LogP contribution in [0.15, 0.2) is 0 Å². The number of urea groups is 1. The molecule has 0 aromatic carbocycles. The number of nitrogens with one attached hydrogen (secondary N) is 2. The van der Waals surface area contributed by atoms with Crippen LogP contribution in [0, 0.1) is 0 Å². The summed E-state index contributed by atoms with van der Waals surface area (Å²) in [6.07, 6.45) is 9.28. The first-order valence-electron chi connectivity index (χ1n) is 6.29. The molecule has 1 aliphatic carbocycles. The topological polar surface area (TPSA) is 41.1 Å². The van der Waals surface area contributed by atoms with Gasteiger partial charge in [-0.2, -0.15) is 11.8 Å². The van der Waals surface area contributed by atoms with Crippen LogP contribution >= 0.6 is 11.8 Å². The van der Waals surface area contributed by atoms with Crippen LogP contribution in [0.1, 0.15) is 45.4 Å². The first-order valence-corrected chi connectivity index (χ1v) is 7.58. The van der Waals surface area contributed by atoms with Crippen LogP contribution < -0.4 is 10.6 Å². The van der Waals surface area contributed by atoms with Crippen LogP contribution in [0.4, 0.5) is 4.79 Å². The van der Waals surface area contributed by atoms with Crippen molar-refractivity contribution in [2.45, 2.75) is 56.7 Å². The average molecular weight is 244 g/mol. The molecule has 0 aliphatic heterocycles. The summed E-state index contributed by atoms with van der Waals surface area (Å²) in [4.78, 5) is 11.6. The molecule has 0 spiro atoms. The standard InChI is InChI=1S/C12H24N2OS/c1-10(16-2)8-9-13-12(15)14-11-6-4-3-5-7-11/h10-11H,3-9H2,1-2H3,(H2,13,14,15). The Hall–Kier alpha value is -0.380. The molecule has 1 fully saturated rings. The van der Waals surface area contributed by atoms with Crippen LogP contribution in [0.2, 0.25) is 0 Å². The summed E-state index contributed by atoms with van der Waals surface area (Å²) < 4.78 is 0. The molecule has 2 N–H and O–H groups in total. The van der Waals surface area contributed by atoms with Crippen molar-refractivity contribution in [1.82, 2.24) is 10.6 Å². The molecule has 1 rings (SSSR count). The Morgan fingerprint density at radius 2 is 2.06 bits per heavy atom. The van der Waals surface area contributed by atoms with Crippen LogP contribution in [0.5, 0.6) is 0 Å². The molecule has 1 unspecified atom stereocenters. The molecule has 0 aromatic heterocycles. The minimum atomic E-state index is 0.0141. The van der Waals surface area contributed by atoms with E-state index in [0.29, 0.717) is 11.3 Å². The first-order chi connectivity index (χ1) is 7.72. The highest BCUT2D eigenvalue weighted by Gasteiger charge is 2.15. The fourth-order valence-corrected chi connectivity index (χ4v) is 2.34. The van der Waals surface area contributed by atoms with E-state index in [9.17, 15) is 4.79 Å². The number of hydrogen-bond acceptors (Lipinski definition) is 2. The van der Waals surface area contributed by atoms with E-state index in [0.717, 1.165) is 25.8 Å². The maximum absolute atomic E-state index is 11.6. The largest absolute Gasteiger partial charge is 0.338 e. The van der Waals surface area contributed by atoms with Crippen molar-refractivity contribution in [1.29, 1.82) is 0 Å². The summed E-state index contributed by atoms with van der Waals surface area (Å²) in [7, 11) is 0. The zero-order valence-electron chi connectivity index (χ0n) is 10.4. The van der Waals surface area contributed by atoms with E-state index in [1.54, 1.807) is 0 Å². The molecule has 16 heavy (non-hydrogen) atoms. The smallest absolute Gasteiger partial charge is 0.315 e. The minimum Gasteiger partial charge on any atom is -0.338 e. The minimum absolute atomic E-state index is 0.0141. The van der Waals surface area contributed by atoms with Crippen molar-refractivity contribution in [3.05, 3.63) is 0 Å². The SMILES string of the molecule is CSC(C)CCNC(=O)NC1CCCCC1. The molecule has 0 heterocycles. The normalized spacial score (nSPS) is 19.1. The Labute approximate surface area is 103 Å². The Balaban J connectivity index is 2.05. The number of amides is 2. The molecule has 0 saturated heterocycles. The van der Waals surface area contributed by atoms with Crippen LogP contribution in [0.25, 0.3) is 0 Å². The van der Waals surface area contributed by atoms with Gasteiger partial charge < -0.3 is 10.6 Å². The predicted octanol–water partition coefficient (Wildman–Crippen LogP) is 2.76. The maximum atomic E-state index is 11.6. The van der Waals surface area contributed by atoms with E-state index < -0.39 is 0 Å². The monoisotopic (exact) mass is 244 g/mol. The molecular formula is C12H24N2OS. The van der Waals surface area contributed by atoms with E-state index in [2.05, 4.69) is 23.8 Å². The average Bonchev–Trinajstić information content (AvgIpc) is 2.30. The summed E-state index contributed by atoms with van der Waals surface area (Å²) in [5, 5.41) is 6.61. The van der Waals surface area contributed by atoms with Gasteiger partial charge in [-0.1, -0.05) is 26.2 Å². The quantitative estimate of drug-likeness (QED) is 0.781. The first kappa shape index (κ1) is 13.7. The predicted molar refractivity (Wildman–Crippen MR) is 71.0 cm³/mol. The third-order valence-corrected chi connectivity index (χ3v) is 4.22. The van der Waals surface area contributed by atoms with Crippen molar-refractivity contribution in [3.8, 4) is 0 Å². The number of hydrogen-bond donors (Lipinski definition) is 2. The zero-order valence-corrected chi connectivity index (χ0v) is 11.2. The third-order valence-electron chi connectivity index (χ3n) is 3.18. The number of carbonyl (C=O) groups is 1. The van der Waals surface area contributed by atoms with E-state index >= 15 is 0 Å². The molecule has 1 atom stereocenters. The summed E-state index contributed by atoms with van der Waals surface area (Å²) in [5.41, 5.74) is 0. The highest BCUT2D eigenvalue weighted by molar-refractivity contribution is 7.99. The van der Waals surface area contributed by atoms with Crippen molar-refractivity contribution < 1.29 is 4.79 Å². The van der Waals surface area contributed by atoms with Gasteiger partial charge in [-0.3, -0.25) is 0 Å². The molecule has 1 aliphatic rings. The summed E-state index contributed by atoms with van der Waals surface area (Å²) in [6, 6.07) is 0.423. The van der Waals surface area contributed by atoms with Gasteiger partial charge in [-0.15, -0.1) is 0 Å². The van der Waals surface area contributed by atoms with Gasteiger partial charge in [0.2, 0.25) is 0 Å². The molecule has 0 bridgehead atoms. The molecule has 4 heteroatoms. The zero-order chi connectivity index (χ0) is 11.8. The fourth-order valence-electron chi connectivity index (χ4n) is 1.99. The number of thioether (sulfide) groups is 1. The van der Waals surface area contributed by atoms with E-state index in [-0.39, 0.29) is 6.03 Å². The molecule has 0 radical (unpaired) electrons. The van der Waals surface area contributed by atoms with E-state index in [1.807, 2.05) is 11.8 Å². The van der Waals surface area contributed by atoms with Gasteiger partial charge in [0, 0.05) is 17.8 Å². The lowest BCUT2D eigenvalue weighted by atomic mass is 9.96. The Morgan fingerprint density at radius 1 is 1.38 bits per heavy atom. The lowest BCUT2D eigenvalue weighted by Crippen LogP contribution is -2.43. The van der Waals surface area contributed by atoms with Crippen LogP contribution in [-0.2, 0) is 0 Å². The summed E-state index contributed by atoms with van der Waals surface area (Å²) >= 11 is 1.84. The molecule has 3 nitrogen and oxygen atoms in total. The second-order valence-corrected chi connectivity index (χ2v) is 5.85. The van der Waals surface area contributed by atoms with E-state index in [4.69, 9.17) is 0 Å². The number of rotatable bonds is 5. The molecule has 0 aromatic rings. The van der Waals surface area contributed by atoms with Crippen molar-refractivity contribution >= 4 is 17.8 Å². The van der Waals surface area contributed by atoms with Gasteiger partial charge >= 0.3 is 6.03 Å². The van der Waals surface area contributed by atoms with Crippen molar-refractivity contribution in [2.24, 2.45) is 0 Å². The highest BCUT2D eigenvalue weighted by Crippen LogP contribution is 2.17. The van der Waals surface area contributed by atoms with Gasteiger partial charge in [-0.05, 0) is 25.5 Å². The van der Waals surface area contributed by atoms with Gasteiger partial charge in [-0.25, -0.2) is 4.79 Å². The third kappa shape index (κ3) is 5.64. The number of carbonyl (C=O) groups excluding carboxylic acids is 1. The highest BCUT2D eigenvalue weighted by atomic mass is 32.2. The van der Waals surface area contributed by atoms with Gasteiger partial charge in [0.05, 0.1) is 0 Å². The summed E-state index contributed by atoms with van der Waals surface area (Å²) in [5.74, 6) is 0. The molecule has 94 valence electrons. The Bertz CT molecular complexity index is 205. The van der Waals surface area contributed by atoms with Crippen LogP contribution in [0.3, 0.4) is 0 Å². The summed E-state index contributed by atoms with van der Waals surface area (Å²) in [6.45, 7) is 2.96. The van der Waals surface area contributed by atoms with Crippen molar-refractivity contribution in [2.75, 3.05) is 12.8 Å². The van der Waals surface area contributed by atoms with E-state index in [1.165, 1.54) is 19.3 Å². The Kier molecular flexibility index (Phi) is 6.69. The molecule has 1 saturated carbocycles. The second-order valence-electron chi connectivity index (χ2n) is 4.57. The van der Waals surface area contributed by atoms with Gasteiger partial charge in [0.25, 0.3) is 0 Å². The van der Waals surface area contributed by atoms with Gasteiger partial charge in [0.15, 0.2) is 0 Å². The maximum Gasteiger partial charge on any atom is 0.315 e. The van der Waals surface area contributed by atoms with Crippen molar-refractivity contribution in [3.63, 3.8) is 0 Å². The molecule has 2 amide bonds. The molecular weight excluding hydrogens is 220 g/mol.